The van der Waals surface area contributed by atoms with Crippen LogP contribution in [0.1, 0.15) is 5.56 Å². The molecule has 0 radical (unpaired) electrons. The van der Waals surface area contributed by atoms with E-state index in [2.05, 4.69) is 5.32 Å². The molecule has 1 saturated heterocycles. The molecule has 150 valence electrons. The van der Waals surface area contributed by atoms with E-state index in [9.17, 15) is 9.59 Å². The monoisotopic (exact) mass is 469 g/mol. The van der Waals surface area contributed by atoms with Gasteiger partial charge in [-0.1, -0.05) is 53.2 Å². The van der Waals surface area contributed by atoms with Gasteiger partial charge < -0.3 is 19.9 Å². The summed E-state index contributed by atoms with van der Waals surface area (Å²) in [6.07, 6.45) is 1.65. The lowest BCUT2D eigenvalue weighted by Crippen LogP contribution is -2.17. The Morgan fingerprint density at radius 1 is 1.28 bits per heavy atom. The molecule has 10 heteroatoms. The molecule has 0 aromatic heterocycles. The summed E-state index contributed by atoms with van der Waals surface area (Å²) in [5.41, 5.74) is 1.67. The van der Waals surface area contributed by atoms with Crippen LogP contribution in [-0.4, -0.2) is 35.0 Å². The van der Waals surface area contributed by atoms with Crippen LogP contribution in [0.3, 0.4) is 0 Å². The molecular weight excluding hydrogens is 457 g/mol. The minimum Gasteiger partial charge on any atom is -0.493 e. The van der Waals surface area contributed by atoms with Crippen molar-refractivity contribution in [2.45, 2.75) is 0 Å². The number of aliphatic carboxylic acids is 1. The van der Waals surface area contributed by atoms with E-state index in [-0.39, 0.29) is 17.4 Å². The van der Waals surface area contributed by atoms with E-state index >= 15 is 0 Å². The molecule has 1 aliphatic rings. The quantitative estimate of drug-likeness (QED) is 0.471. The van der Waals surface area contributed by atoms with Gasteiger partial charge >= 0.3 is 5.97 Å². The van der Waals surface area contributed by atoms with Crippen LogP contribution in [0.15, 0.2) is 35.2 Å². The highest BCUT2D eigenvalue weighted by atomic mass is 35.5. The lowest BCUT2D eigenvalue weighted by atomic mass is 10.0. The molecule has 0 atom stereocenters. The molecule has 6 nitrogen and oxygen atoms in total. The number of hydrogen-bond donors (Lipinski definition) is 2. The van der Waals surface area contributed by atoms with Gasteiger partial charge in [-0.05, 0) is 35.9 Å². The third-order valence-electron chi connectivity index (χ3n) is 3.80. The summed E-state index contributed by atoms with van der Waals surface area (Å²) in [6, 6.07) is 8.26. The molecule has 0 saturated carbocycles. The number of carbonyl (C=O) groups excluding carboxylic acids is 1. The third kappa shape index (κ3) is 5.02. The first-order chi connectivity index (χ1) is 13.8. The Morgan fingerprint density at radius 3 is 2.62 bits per heavy atom. The van der Waals surface area contributed by atoms with E-state index in [0.29, 0.717) is 36.0 Å². The number of methoxy groups -OCH3 is 1. The van der Waals surface area contributed by atoms with Crippen molar-refractivity contribution in [3.8, 4) is 22.6 Å². The second-order valence-corrected chi connectivity index (χ2v) is 8.32. The summed E-state index contributed by atoms with van der Waals surface area (Å²) in [4.78, 5) is 23.4. The fraction of sp³-hybridized carbons (Fsp3) is 0.105. The molecule has 3 rings (SSSR count). The van der Waals surface area contributed by atoms with Gasteiger partial charge in [-0.2, -0.15) is 0 Å². The van der Waals surface area contributed by atoms with Crippen LogP contribution in [0, 0.1) is 0 Å². The highest BCUT2D eigenvalue weighted by molar-refractivity contribution is 8.26. The molecular formula is C19H13Cl2NO5S2. The lowest BCUT2D eigenvalue weighted by molar-refractivity contribution is -0.139. The fourth-order valence-corrected chi connectivity index (χ4v) is 4.18. The molecule has 2 aromatic rings. The van der Waals surface area contributed by atoms with Gasteiger partial charge in [0.15, 0.2) is 18.1 Å². The number of thioether (sulfide) groups is 1. The average molecular weight is 470 g/mol. The first-order valence-electron chi connectivity index (χ1n) is 8.05. The topological polar surface area (TPSA) is 84.9 Å². The van der Waals surface area contributed by atoms with Gasteiger partial charge in [0.2, 0.25) is 0 Å². The number of thiocarbonyl (C=S) groups is 1. The molecule has 0 bridgehead atoms. The molecule has 1 aliphatic heterocycles. The molecule has 1 heterocycles. The van der Waals surface area contributed by atoms with E-state index in [1.54, 1.807) is 36.4 Å². The van der Waals surface area contributed by atoms with Crippen LogP contribution in [0.25, 0.3) is 17.2 Å². The summed E-state index contributed by atoms with van der Waals surface area (Å²) >= 11 is 18.5. The van der Waals surface area contributed by atoms with Gasteiger partial charge in [0.1, 0.15) is 4.32 Å². The normalized spacial score (nSPS) is 14.8. The number of carbonyl (C=O) groups is 2. The van der Waals surface area contributed by atoms with Gasteiger partial charge in [0, 0.05) is 16.1 Å². The summed E-state index contributed by atoms with van der Waals surface area (Å²) in [6.45, 7) is -0.568. The summed E-state index contributed by atoms with van der Waals surface area (Å²) in [7, 11) is 1.43. The Kier molecular flexibility index (Phi) is 6.69. The van der Waals surface area contributed by atoms with Crippen molar-refractivity contribution in [2.75, 3.05) is 13.7 Å². The van der Waals surface area contributed by atoms with Crippen molar-refractivity contribution in [2.24, 2.45) is 0 Å². The van der Waals surface area contributed by atoms with Crippen LogP contribution in [0.5, 0.6) is 11.5 Å². The van der Waals surface area contributed by atoms with Crippen LogP contribution in [0.2, 0.25) is 10.0 Å². The zero-order valence-corrected chi connectivity index (χ0v) is 18.0. The Balaban J connectivity index is 2.18. The predicted molar refractivity (Wildman–Crippen MR) is 118 cm³/mol. The number of rotatable bonds is 6. The highest BCUT2D eigenvalue weighted by Gasteiger charge is 2.23. The van der Waals surface area contributed by atoms with Crippen molar-refractivity contribution in [3.05, 3.63) is 50.8 Å². The van der Waals surface area contributed by atoms with Gasteiger partial charge in [0.25, 0.3) is 5.91 Å². The maximum Gasteiger partial charge on any atom is 0.341 e. The summed E-state index contributed by atoms with van der Waals surface area (Å²) < 4.78 is 11.3. The zero-order chi connectivity index (χ0) is 21.1. The van der Waals surface area contributed by atoms with E-state index in [1.165, 1.54) is 7.11 Å². The largest absolute Gasteiger partial charge is 0.493 e. The van der Waals surface area contributed by atoms with E-state index in [0.717, 1.165) is 11.8 Å². The number of carboxylic acids is 1. The second kappa shape index (κ2) is 9.04. The van der Waals surface area contributed by atoms with Gasteiger partial charge in [0.05, 0.1) is 17.0 Å². The zero-order valence-electron chi connectivity index (χ0n) is 14.8. The van der Waals surface area contributed by atoms with E-state index in [4.69, 9.17) is 50.0 Å². The van der Waals surface area contributed by atoms with Gasteiger partial charge in [-0.3, -0.25) is 4.79 Å². The molecule has 1 amide bonds. The van der Waals surface area contributed by atoms with Crippen LogP contribution >= 0.6 is 47.2 Å². The van der Waals surface area contributed by atoms with Crippen LogP contribution in [0.4, 0.5) is 0 Å². The Hall–Kier alpha value is -2.26. The number of halogens is 2. The molecule has 1 fully saturated rings. The Labute approximate surface area is 185 Å². The molecule has 0 unspecified atom stereocenters. The van der Waals surface area contributed by atoms with E-state index in [1.807, 2.05) is 0 Å². The van der Waals surface area contributed by atoms with Crippen molar-refractivity contribution >= 4 is 69.5 Å². The van der Waals surface area contributed by atoms with Crippen molar-refractivity contribution in [1.82, 2.24) is 5.32 Å². The van der Waals surface area contributed by atoms with Crippen molar-refractivity contribution in [3.63, 3.8) is 0 Å². The summed E-state index contributed by atoms with van der Waals surface area (Å²) in [5, 5.41) is 12.4. The first-order valence-corrected chi connectivity index (χ1v) is 10.0. The molecule has 2 aromatic carbocycles. The number of benzene rings is 2. The fourth-order valence-electron chi connectivity index (χ4n) is 2.62. The third-order valence-corrected chi connectivity index (χ3v) is 5.51. The standard InChI is InChI=1S/C19H13Cl2NO5S2/c1-26-14-5-9(6-15-18(25)22-19(28)29-15)4-12(17(14)27-8-16(23)24)11-3-2-10(20)7-13(11)21/h2-7H,8H2,1H3,(H,23,24)(H,22,25,28). The average Bonchev–Trinajstić information content (AvgIpc) is 2.96. The maximum atomic E-state index is 12.0. The SMILES string of the molecule is COc1cc(C=C2SC(=S)NC2=O)cc(-c2ccc(Cl)cc2Cl)c1OCC(=O)O. The number of carboxylic acid groups (broad SMARTS) is 1. The molecule has 0 spiro atoms. The highest BCUT2D eigenvalue weighted by Crippen LogP contribution is 2.43. The number of hydrogen-bond acceptors (Lipinski definition) is 6. The number of nitrogens with one attached hydrogen (secondary N) is 1. The van der Waals surface area contributed by atoms with Crippen LogP contribution < -0.4 is 14.8 Å². The molecule has 29 heavy (non-hydrogen) atoms. The van der Waals surface area contributed by atoms with Crippen LogP contribution in [-0.2, 0) is 9.59 Å². The van der Waals surface area contributed by atoms with Crippen molar-refractivity contribution in [1.29, 1.82) is 0 Å². The lowest BCUT2D eigenvalue weighted by Gasteiger charge is -2.17. The Bertz CT molecular complexity index is 1060. The first kappa shape index (κ1) is 21.4. The Morgan fingerprint density at radius 2 is 2.03 bits per heavy atom. The number of amides is 1. The maximum absolute atomic E-state index is 12.0. The second-order valence-electron chi connectivity index (χ2n) is 5.76. The molecule has 2 N–H and O–H groups in total. The van der Waals surface area contributed by atoms with Crippen molar-refractivity contribution < 1.29 is 24.2 Å². The molecule has 0 aliphatic carbocycles. The van der Waals surface area contributed by atoms with E-state index < -0.39 is 12.6 Å². The minimum absolute atomic E-state index is 0.209. The van der Waals surface area contributed by atoms with Gasteiger partial charge in [-0.15, -0.1) is 0 Å². The van der Waals surface area contributed by atoms with Gasteiger partial charge in [-0.25, -0.2) is 4.79 Å². The minimum atomic E-state index is -1.14. The predicted octanol–water partition coefficient (Wildman–Crippen LogP) is 4.62. The number of ether oxygens (including phenoxy) is 2. The smallest absolute Gasteiger partial charge is 0.341 e. The summed E-state index contributed by atoms with van der Waals surface area (Å²) in [5.74, 6) is -0.942.